The lowest BCUT2D eigenvalue weighted by atomic mass is 10.0. The zero-order valence-electron chi connectivity index (χ0n) is 17.4. The van der Waals surface area contributed by atoms with E-state index in [1.54, 1.807) is 16.4 Å². The Balaban J connectivity index is 1.37. The molecule has 0 radical (unpaired) electrons. The molecule has 1 aliphatic heterocycles. The van der Waals surface area contributed by atoms with Crippen molar-refractivity contribution in [2.45, 2.75) is 24.6 Å². The van der Waals surface area contributed by atoms with Crippen molar-refractivity contribution in [2.75, 3.05) is 5.32 Å². The van der Waals surface area contributed by atoms with Gasteiger partial charge in [0, 0.05) is 29.2 Å². The number of carbonyl (C=O) groups excluding carboxylic acids is 2. The number of nitrogens with zero attached hydrogens (tertiary/aromatic N) is 2. The standard InChI is InChI=1S/C25H22N4O2S/c30-23(26-13-17-7-2-1-3-8-17)14-29-24(21-15-32-16-22(21)28-29)27-25(31)20-12-6-10-18-9-4-5-11-19(18)20/h1-12H,13-16H2,(H,26,30)(H,27,31). The fourth-order valence-corrected chi connectivity index (χ4v) is 4.94. The highest BCUT2D eigenvalue weighted by molar-refractivity contribution is 7.98. The summed E-state index contributed by atoms with van der Waals surface area (Å²) in [6, 6.07) is 23.3. The zero-order valence-corrected chi connectivity index (χ0v) is 18.2. The number of rotatable bonds is 6. The molecule has 0 bridgehead atoms. The fourth-order valence-electron chi connectivity index (χ4n) is 3.91. The average Bonchev–Trinajstić information content (AvgIpc) is 3.40. The molecule has 0 aliphatic carbocycles. The third kappa shape index (κ3) is 4.11. The van der Waals surface area contributed by atoms with Gasteiger partial charge in [0.25, 0.3) is 5.91 Å². The summed E-state index contributed by atoms with van der Waals surface area (Å²) in [5, 5.41) is 12.5. The molecule has 7 heteroatoms. The molecule has 1 aliphatic rings. The van der Waals surface area contributed by atoms with Gasteiger partial charge in [-0.2, -0.15) is 16.9 Å². The van der Waals surface area contributed by atoms with Crippen LogP contribution in [0.5, 0.6) is 0 Å². The second-order valence-electron chi connectivity index (χ2n) is 7.67. The molecule has 0 spiro atoms. The Bertz CT molecular complexity index is 1290. The summed E-state index contributed by atoms with van der Waals surface area (Å²) in [5.41, 5.74) is 3.56. The second-order valence-corrected chi connectivity index (χ2v) is 8.65. The number of hydrogen-bond acceptors (Lipinski definition) is 4. The largest absolute Gasteiger partial charge is 0.350 e. The molecule has 3 aromatic carbocycles. The van der Waals surface area contributed by atoms with Gasteiger partial charge in [-0.3, -0.25) is 9.59 Å². The first-order valence-corrected chi connectivity index (χ1v) is 11.6. The Morgan fingerprint density at radius 2 is 1.72 bits per heavy atom. The van der Waals surface area contributed by atoms with Crippen LogP contribution in [0.4, 0.5) is 5.82 Å². The summed E-state index contributed by atoms with van der Waals surface area (Å²) in [6.07, 6.45) is 0. The highest BCUT2D eigenvalue weighted by Gasteiger charge is 2.25. The molecule has 2 N–H and O–H groups in total. The lowest BCUT2D eigenvalue weighted by Crippen LogP contribution is -2.28. The van der Waals surface area contributed by atoms with Gasteiger partial charge >= 0.3 is 0 Å². The number of fused-ring (bicyclic) bond motifs is 2. The monoisotopic (exact) mass is 442 g/mol. The molecule has 160 valence electrons. The maximum atomic E-state index is 13.2. The van der Waals surface area contributed by atoms with Crippen LogP contribution in [0.1, 0.15) is 27.2 Å². The summed E-state index contributed by atoms with van der Waals surface area (Å²) in [4.78, 5) is 25.8. The van der Waals surface area contributed by atoms with Crippen molar-refractivity contribution in [1.29, 1.82) is 0 Å². The minimum atomic E-state index is -0.202. The van der Waals surface area contributed by atoms with Gasteiger partial charge in [-0.25, -0.2) is 4.68 Å². The molecular formula is C25H22N4O2S. The van der Waals surface area contributed by atoms with E-state index in [2.05, 4.69) is 15.7 Å². The smallest absolute Gasteiger partial charge is 0.257 e. The first-order chi connectivity index (χ1) is 15.7. The maximum Gasteiger partial charge on any atom is 0.257 e. The molecule has 0 unspecified atom stereocenters. The highest BCUT2D eigenvalue weighted by Crippen LogP contribution is 2.35. The number of thioether (sulfide) groups is 1. The topological polar surface area (TPSA) is 76.0 Å². The van der Waals surface area contributed by atoms with Crippen LogP contribution in [0.15, 0.2) is 72.8 Å². The van der Waals surface area contributed by atoms with E-state index >= 15 is 0 Å². The predicted molar refractivity (Wildman–Crippen MR) is 127 cm³/mol. The first-order valence-electron chi connectivity index (χ1n) is 10.4. The molecule has 0 saturated heterocycles. The van der Waals surface area contributed by atoms with E-state index in [0.29, 0.717) is 17.9 Å². The van der Waals surface area contributed by atoms with Gasteiger partial charge in [0.05, 0.1) is 5.69 Å². The van der Waals surface area contributed by atoms with Gasteiger partial charge in [0.1, 0.15) is 12.4 Å². The van der Waals surface area contributed by atoms with E-state index in [-0.39, 0.29) is 18.4 Å². The quantitative estimate of drug-likeness (QED) is 0.465. The molecule has 1 aromatic heterocycles. The van der Waals surface area contributed by atoms with E-state index in [1.807, 2.05) is 72.8 Å². The number of anilines is 1. The van der Waals surface area contributed by atoms with Gasteiger partial charge in [-0.05, 0) is 22.4 Å². The summed E-state index contributed by atoms with van der Waals surface area (Å²) >= 11 is 1.76. The van der Waals surface area contributed by atoms with Gasteiger partial charge in [-0.15, -0.1) is 0 Å². The van der Waals surface area contributed by atoms with Crippen molar-refractivity contribution in [3.63, 3.8) is 0 Å². The van der Waals surface area contributed by atoms with E-state index in [0.717, 1.165) is 39.1 Å². The van der Waals surface area contributed by atoms with Crippen LogP contribution in [0, 0.1) is 0 Å². The first kappa shape index (κ1) is 20.3. The summed E-state index contributed by atoms with van der Waals surface area (Å²) in [5.74, 6) is 1.81. The highest BCUT2D eigenvalue weighted by atomic mass is 32.2. The van der Waals surface area contributed by atoms with Crippen molar-refractivity contribution < 1.29 is 9.59 Å². The number of benzene rings is 3. The SMILES string of the molecule is O=C(Cn1nc2c(c1NC(=O)c1cccc3ccccc13)CSC2)NCc1ccccc1. The van der Waals surface area contributed by atoms with Gasteiger partial charge in [0.15, 0.2) is 0 Å². The normalized spacial score (nSPS) is 12.5. The Morgan fingerprint density at radius 1 is 0.938 bits per heavy atom. The van der Waals surface area contributed by atoms with E-state index in [1.165, 1.54) is 0 Å². The number of aromatic nitrogens is 2. The van der Waals surface area contributed by atoms with Gasteiger partial charge in [0.2, 0.25) is 5.91 Å². The van der Waals surface area contributed by atoms with E-state index in [9.17, 15) is 9.59 Å². The molecule has 0 saturated carbocycles. The minimum Gasteiger partial charge on any atom is -0.350 e. The predicted octanol–water partition coefficient (Wildman–Crippen LogP) is 4.35. The van der Waals surface area contributed by atoms with Crippen molar-refractivity contribution in [3.8, 4) is 0 Å². The fraction of sp³-hybridized carbons (Fsp3) is 0.160. The lowest BCUT2D eigenvalue weighted by Gasteiger charge is -2.12. The summed E-state index contributed by atoms with van der Waals surface area (Å²) in [6.45, 7) is 0.504. The van der Waals surface area contributed by atoms with Crippen LogP contribution >= 0.6 is 11.8 Å². The molecule has 2 amide bonds. The number of amides is 2. The summed E-state index contributed by atoms with van der Waals surface area (Å²) in [7, 11) is 0. The van der Waals surface area contributed by atoms with Crippen LogP contribution in [-0.4, -0.2) is 21.6 Å². The maximum absolute atomic E-state index is 13.2. The number of carbonyl (C=O) groups is 2. The molecule has 2 heterocycles. The van der Waals surface area contributed by atoms with E-state index < -0.39 is 0 Å². The average molecular weight is 443 g/mol. The summed E-state index contributed by atoms with van der Waals surface area (Å²) < 4.78 is 1.62. The third-order valence-electron chi connectivity index (χ3n) is 5.51. The van der Waals surface area contributed by atoms with E-state index in [4.69, 9.17) is 0 Å². The van der Waals surface area contributed by atoms with Crippen LogP contribution in [0.2, 0.25) is 0 Å². The zero-order chi connectivity index (χ0) is 21.9. The number of nitrogens with one attached hydrogen (secondary N) is 2. The Kier molecular flexibility index (Phi) is 5.64. The molecule has 0 fully saturated rings. The van der Waals surface area contributed by atoms with Crippen molar-refractivity contribution in [1.82, 2.24) is 15.1 Å². The van der Waals surface area contributed by atoms with Gasteiger partial charge < -0.3 is 10.6 Å². The van der Waals surface area contributed by atoms with Crippen LogP contribution in [-0.2, 0) is 29.4 Å². The van der Waals surface area contributed by atoms with Crippen molar-refractivity contribution >= 4 is 40.2 Å². The molecule has 0 atom stereocenters. The van der Waals surface area contributed by atoms with Crippen LogP contribution < -0.4 is 10.6 Å². The Labute approximate surface area is 190 Å². The molecule has 4 aromatic rings. The Hall–Kier alpha value is -3.58. The molecule has 32 heavy (non-hydrogen) atoms. The lowest BCUT2D eigenvalue weighted by molar-refractivity contribution is -0.122. The van der Waals surface area contributed by atoms with Crippen molar-refractivity contribution in [3.05, 3.63) is 95.2 Å². The van der Waals surface area contributed by atoms with Crippen LogP contribution in [0.25, 0.3) is 10.8 Å². The number of hydrogen-bond donors (Lipinski definition) is 2. The molecular weight excluding hydrogens is 420 g/mol. The van der Waals surface area contributed by atoms with Crippen LogP contribution in [0.3, 0.4) is 0 Å². The van der Waals surface area contributed by atoms with Crippen molar-refractivity contribution in [2.24, 2.45) is 0 Å². The Morgan fingerprint density at radius 3 is 2.59 bits per heavy atom. The third-order valence-corrected chi connectivity index (χ3v) is 6.48. The minimum absolute atomic E-state index is 0.0512. The van der Waals surface area contributed by atoms with Gasteiger partial charge in [-0.1, -0.05) is 66.7 Å². The molecule has 5 rings (SSSR count). The molecule has 6 nitrogen and oxygen atoms in total. The second kappa shape index (κ2) is 8.88.